The van der Waals surface area contributed by atoms with Crippen molar-refractivity contribution >= 4 is 44.7 Å². The minimum Gasteiger partial charge on any atom is -0.340 e. The van der Waals surface area contributed by atoms with Gasteiger partial charge in [0.1, 0.15) is 6.54 Å². The topological polar surface area (TPSA) is 91.8 Å². The van der Waals surface area contributed by atoms with Crippen molar-refractivity contribution in [1.29, 1.82) is 0 Å². The SMILES string of the molecule is CN(C(=O)CN1C(=O)S/C(=C\C=C\c2ccccc2)C1=O)[C@H]1CCS(=O)(=O)C1. The van der Waals surface area contributed by atoms with Gasteiger partial charge < -0.3 is 4.90 Å². The van der Waals surface area contributed by atoms with Crippen LogP contribution in [0.15, 0.2) is 47.4 Å². The number of carbonyl (C=O) groups excluding carboxylic acids is 3. The molecule has 1 aromatic rings. The second kappa shape index (κ2) is 8.32. The van der Waals surface area contributed by atoms with Gasteiger partial charge in [-0.3, -0.25) is 19.3 Å². The maximum absolute atomic E-state index is 12.5. The van der Waals surface area contributed by atoms with Crippen molar-refractivity contribution in [3.8, 4) is 0 Å². The Bertz CT molecular complexity index is 954. The average Bonchev–Trinajstić information content (AvgIpc) is 3.15. The summed E-state index contributed by atoms with van der Waals surface area (Å²) >= 11 is 0.783. The van der Waals surface area contributed by atoms with E-state index in [2.05, 4.69) is 0 Å². The third-order valence-corrected chi connectivity index (χ3v) is 7.33. The number of thioether (sulfide) groups is 1. The van der Waals surface area contributed by atoms with Gasteiger partial charge in [0.25, 0.3) is 11.1 Å². The van der Waals surface area contributed by atoms with Crippen molar-refractivity contribution in [2.75, 3.05) is 25.1 Å². The van der Waals surface area contributed by atoms with Crippen LogP contribution in [-0.2, 0) is 19.4 Å². The Hall–Kier alpha value is -2.39. The summed E-state index contributed by atoms with van der Waals surface area (Å²) in [6.07, 6.45) is 5.42. The summed E-state index contributed by atoms with van der Waals surface area (Å²) in [4.78, 5) is 39.5. The molecule has 1 atom stereocenters. The Morgan fingerprint density at radius 2 is 2.00 bits per heavy atom. The van der Waals surface area contributed by atoms with Crippen LogP contribution in [0, 0.1) is 0 Å². The molecule has 0 saturated carbocycles. The van der Waals surface area contributed by atoms with Crippen molar-refractivity contribution in [3.05, 3.63) is 53.0 Å². The van der Waals surface area contributed by atoms with Crippen LogP contribution >= 0.6 is 11.8 Å². The van der Waals surface area contributed by atoms with E-state index in [4.69, 9.17) is 0 Å². The van der Waals surface area contributed by atoms with Gasteiger partial charge in [-0.15, -0.1) is 0 Å². The van der Waals surface area contributed by atoms with Gasteiger partial charge in [0.05, 0.1) is 16.4 Å². The highest BCUT2D eigenvalue weighted by molar-refractivity contribution is 8.18. The third-order valence-electron chi connectivity index (χ3n) is 4.65. The molecule has 0 unspecified atom stereocenters. The lowest BCUT2D eigenvalue weighted by atomic mass is 10.2. The van der Waals surface area contributed by atoms with Crippen LogP contribution in [-0.4, -0.2) is 66.4 Å². The molecule has 3 amide bonds. The summed E-state index contributed by atoms with van der Waals surface area (Å²) in [5.74, 6) is -1.01. The Morgan fingerprint density at radius 3 is 2.64 bits per heavy atom. The highest BCUT2D eigenvalue weighted by Crippen LogP contribution is 2.30. The van der Waals surface area contributed by atoms with Crippen LogP contribution in [0.4, 0.5) is 4.79 Å². The number of sulfone groups is 1. The lowest BCUT2D eigenvalue weighted by Crippen LogP contribution is -2.45. The molecule has 2 saturated heterocycles. The van der Waals surface area contributed by atoms with Gasteiger partial charge in [-0.2, -0.15) is 0 Å². The summed E-state index contributed by atoms with van der Waals surface area (Å²) in [5.41, 5.74) is 0.960. The maximum atomic E-state index is 12.5. The van der Waals surface area contributed by atoms with Gasteiger partial charge >= 0.3 is 0 Å². The van der Waals surface area contributed by atoms with Gasteiger partial charge in [-0.1, -0.05) is 42.5 Å². The summed E-state index contributed by atoms with van der Waals surface area (Å²) in [5, 5.41) is -0.509. The highest BCUT2D eigenvalue weighted by atomic mass is 32.2. The number of rotatable bonds is 5. The fraction of sp³-hybridized carbons (Fsp3) is 0.316. The molecule has 2 aliphatic rings. The summed E-state index contributed by atoms with van der Waals surface area (Å²) in [7, 11) is -1.62. The minimum absolute atomic E-state index is 0.0490. The van der Waals surface area contributed by atoms with Gasteiger partial charge in [-0.05, 0) is 29.8 Å². The first-order valence-corrected chi connectivity index (χ1v) is 11.3. The Balaban J connectivity index is 1.62. The first kappa shape index (κ1) is 20.3. The molecule has 0 N–H and O–H groups in total. The molecule has 148 valence electrons. The quantitative estimate of drug-likeness (QED) is 0.676. The highest BCUT2D eigenvalue weighted by Gasteiger charge is 2.38. The minimum atomic E-state index is -3.13. The fourth-order valence-electron chi connectivity index (χ4n) is 2.99. The molecular formula is C19H20N2O5S2. The first-order chi connectivity index (χ1) is 13.3. The van der Waals surface area contributed by atoms with Crippen molar-refractivity contribution in [2.24, 2.45) is 0 Å². The zero-order chi connectivity index (χ0) is 20.3. The largest absolute Gasteiger partial charge is 0.340 e. The number of amides is 3. The summed E-state index contributed by atoms with van der Waals surface area (Å²) in [6, 6.07) is 9.09. The molecule has 0 aromatic heterocycles. The number of allylic oxidation sites excluding steroid dienone is 2. The molecule has 2 heterocycles. The number of imide groups is 1. The maximum Gasteiger partial charge on any atom is 0.294 e. The average molecular weight is 421 g/mol. The molecule has 9 heteroatoms. The zero-order valence-electron chi connectivity index (χ0n) is 15.3. The third kappa shape index (κ3) is 4.71. The lowest BCUT2D eigenvalue weighted by molar-refractivity contribution is -0.136. The van der Waals surface area contributed by atoms with E-state index in [-0.39, 0.29) is 16.4 Å². The molecule has 0 spiro atoms. The van der Waals surface area contributed by atoms with Crippen molar-refractivity contribution < 1.29 is 22.8 Å². The normalized spacial score (nSPS) is 23.1. The smallest absolute Gasteiger partial charge is 0.294 e. The number of carbonyl (C=O) groups is 3. The molecule has 3 rings (SSSR count). The van der Waals surface area contributed by atoms with Gasteiger partial charge in [0, 0.05) is 13.1 Å². The molecule has 28 heavy (non-hydrogen) atoms. The van der Waals surface area contributed by atoms with Crippen LogP contribution in [0.1, 0.15) is 12.0 Å². The molecule has 1 aromatic carbocycles. The fourth-order valence-corrected chi connectivity index (χ4v) is 5.56. The van der Waals surface area contributed by atoms with Crippen LogP contribution in [0.3, 0.4) is 0 Å². The van der Waals surface area contributed by atoms with E-state index in [9.17, 15) is 22.8 Å². The van der Waals surface area contributed by atoms with Crippen LogP contribution in [0.5, 0.6) is 0 Å². The van der Waals surface area contributed by atoms with Gasteiger partial charge in [0.15, 0.2) is 9.84 Å². The number of nitrogens with zero attached hydrogens (tertiary/aromatic N) is 2. The van der Waals surface area contributed by atoms with E-state index in [1.165, 1.54) is 11.9 Å². The van der Waals surface area contributed by atoms with E-state index in [0.29, 0.717) is 6.42 Å². The van der Waals surface area contributed by atoms with E-state index < -0.39 is 39.5 Å². The first-order valence-electron chi connectivity index (χ1n) is 8.70. The predicted octanol–water partition coefficient (Wildman–Crippen LogP) is 1.92. The number of benzene rings is 1. The van der Waals surface area contributed by atoms with E-state index >= 15 is 0 Å². The predicted molar refractivity (Wildman–Crippen MR) is 108 cm³/mol. The monoisotopic (exact) mass is 420 g/mol. The molecule has 2 aliphatic heterocycles. The van der Waals surface area contributed by atoms with Crippen molar-refractivity contribution in [3.63, 3.8) is 0 Å². The number of hydrogen-bond donors (Lipinski definition) is 0. The summed E-state index contributed by atoms with van der Waals surface area (Å²) < 4.78 is 23.2. The standard InChI is InChI=1S/C19H20N2O5S2/c1-20(15-10-11-28(25,26)13-15)17(22)12-21-18(23)16(27-19(21)24)9-5-8-14-6-3-2-4-7-14/h2-9,15H,10-13H2,1H3/b8-5+,16-9-/t15-/m0/s1. The Labute approximate surface area is 168 Å². The van der Waals surface area contributed by atoms with Gasteiger partial charge in [-0.25, -0.2) is 8.42 Å². The number of hydrogen-bond acceptors (Lipinski definition) is 6. The Morgan fingerprint density at radius 1 is 1.29 bits per heavy atom. The molecule has 2 fully saturated rings. The van der Waals surface area contributed by atoms with E-state index in [0.717, 1.165) is 22.2 Å². The van der Waals surface area contributed by atoms with E-state index in [1.54, 1.807) is 12.2 Å². The second-order valence-electron chi connectivity index (χ2n) is 6.62. The Kier molecular flexibility index (Phi) is 6.04. The zero-order valence-corrected chi connectivity index (χ0v) is 16.9. The van der Waals surface area contributed by atoms with E-state index in [1.807, 2.05) is 36.4 Å². The van der Waals surface area contributed by atoms with Crippen LogP contribution in [0.2, 0.25) is 0 Å². The summed E-state index contributed by atoms with van der Waals surface area (Å²) in [6.45, 7) is -0.391. The van der Waals surface area contributed by atoms with Crippen LogP contribution in [0.25, 0.3) is 6.08 Å². The molecular weight excluding hydrogens is 400 g/mol. The molecule has 7 nitrogen and oxygen atoms in total. The molecule has 0 bridgehead atoms. The van der Waals surface area contributed by atoms with Crippen molar-refractivity contribution in [1.82, 2.24) is 9.80 Å². The van der Waals surface area contributed by atoms with Gasteiger partial charge in [0.2, 0.25) is 5.91 Å². The lowest BCUT2D eigenvalue weighted by Gasteiger charge is -2.25. The molecule has 0 aliphatic carbocycles. The molecule has 0 radical (unpaired) electrons. The second-order valence-corrected chi connectivity index (χ2v) is 9.84. The number of likely N-dealkylation sites (N-methyl/N-ethyl adjacent to an activating group) is 1. The van der Waals surface area contributed by atoms with Crippen LogP contribution < -0.4 is 0 Å². The van der Waals surface area contributed by atoms with Crippen molar-refractivity contribution in [2.45, 2.75) is 12.5 Å².